The van der Waals surface area contributed by atoms with Crippen molar-refractivity contribution in [3.8, 4) is 0 Å². The van der Waals surface area contributed by atoms with Crippen LogP contribution >= 0.6 is 0 Å². The highest BCUT2D eigenvalue weighted by Crippen LogP contribution is 2.14. The number of hydrogen-bond donors (Lipinski definition) is 0. The van der Waals surface area contributed by atoms with Crippen molar-refractivity contribution in [2.75, 3.05) is 39.4 Å². The van der Waals surface area contributed by atoms with Gasteiger partial charge >= 0.3 is 0 Å². The summed E-state index contributed by atoms with van der Waals surface area (Å²) in [6, 6.07) is 0. The third kappa shape index (κ3) is 1.74. The average Bonchev–Trinajstić information content (AvgIpc) is 2.49. The summed E-state index contributed by atoms with van der Waals surface area (Å²) in [6.07, 6.45) is 0. The second-order valence-corrected chi connectivity index (χ2v) is 3.55. The predicted octanol–water partition coefficient (Wildman–Crippen LogP) is 1.14. The maximum absolute atomic E-state index is 2.55. The SMILES string of the molecule is CCN1CC[N+](CC)(CC)C1. The minimum absolute atomic E-state index is 1.22. The van der Waals surface area contributed by atoms with Gasteiger partial charge in [0.1, 0.15) is 6.67 Å². The minimum atomic E-state index is 1.22. The molecule has 0 N–H and O–H groups in total. The number of hydrogen-bond acceptors (Lipinski definition) is 1. The van der Waals surface area contributed by atoms with Gasteiger partial charge in [-0.15, -0.1) is 0 Å². The van der Waals surface area contributed by atoms with E-state index in [1.165, 1.54) is 43.9 Å². The fourth-order valence-corrected chi connectivity index (χ4v) is 1.92. The topological polar surface area (TPSA) is 3.24 Å². The summed E-state index contributed by atoms with van der Waals surface area (Å²) in [5.41, 5.74) is 0. The van der Waals surface area contributed by atoms with Gasteiger partial charge in [0.2, 0.25) is 0 Å². The fraction of sp³-hybridized carbons (Fsp3) is 1.00. The Labute approximate surface area is 70.4 Å². The highest BCUT2D eigenvalue weighted by atomic mass is 15.5. The lowest BCUT2D eigenvalue weighted by Crippen LogP contribution is -2.46. The molecule has 1 aliphatic heterocycles. The quantitative estimate of drug-likeness (QED) is 0.555. The smallest absolute Gasteiger partial charge is 0.135 e. The Bertz CT molecular complexity index is 119. The number of likely N-dealkylation sites (N-methyl/N-ethyl adjacent to an activating group) is 2. The Balaban J connectivity index is 2.48. The molecule has 0 amide bonds. The van der Waals surface area contributed by atoms with Crippen LogP contribution in [0.1, 0.15) is 20.8 Å². The van der Waals surface area contributed by atoms with Crippen LogP contribution in [0.3, 0.4) is 0 Å². The molecule has 0 aromatic heterocycles. The molecule has 0 aliphatic carbocycles. The van der Waals surface area contributed by atoms with E-state index in [4.69, 9.17) is 0 Å². The van der Waals surface area contributed by atoms with Crippen molar-refractivity contribution in [1.82, 2.24) is 4.90 Å². The molecule has 1 heterocycles. The lowest BCUT2D eigenvalue weighted by Gasteiger charge is -2.31. The maximum atomic E-state index is 2.55. The van der Waals surface area contributed by atoms with E-state index in [-0.39, 0.29) is 0 Å². The standard InChI is InChI=1S/C9H21N2/c1-4-10-7-8-11(5-2,6-3)9-10/h4-9H2,1-3H3/q+1. The van der Waals surface area contributed by atoms with Crippen molar-refractivity contribution >= 4 is 0 Å². The highest BCUT2D eigenvalue weighted by molar-refractivity contribution is 4.58. The van der Waals surface area contributed by atoms with E-state index in [9.17, 15) is 0 Å². The highest BCUT2D eigenvalue weighted by Gasteiger charge is 2.32. The molecule has 0 atom stereocenters. The van der Waals surface area contributed by atoms with Crippen molar-refractivity contribution in [2.24, 2.45) is 0 Å². The Hall–Kier alpha value is -0.0800. The van der Waals surface area contributed by atoms with Crippen LogP contribution < -0.4 is 0 Å². The Morgan fingerprint density at radius 1 is 1.18 bits per heavy atom. The van der Waals surface area contributed by atoms with E-state index in [2.05, 4.69) is 25.7 Å². The van der Waals surface area contributed by atoms with Gasteiger partial charge in [-0.25, -0.2) is 0 Å². The minimum Gasteiger partial charge on any atom is -0.310 e. The van der Waals surface area contributed by atoms with Crippen LogP contribution in [0.15, 0.2) is 0 Å². The summed E-state index contributed by atoms with van der Waals surface area (Å²) < 4.78 is 1.31. The zero-order valence-electron chi connectivity index (χ0n) is 8.14. The second-order valence-electron chi connectivity index (χ2n) is 3.55. The molecule has 0 bridgehead atoms. The van der Waals surface area contributed by atoms with E-state index in [1.54, 1.807) is 0 Å². The first kappa shape index (κ1) is 9.01. The van der Waals surface area contributed by atoms with Crippen molar-refractivity contribution in [3.05, 3.63) is 0 Å². The second kappa shape index (κ2) is 3.55. The van der Waals surface area contributed by atoms with Crippen LogP contribution in [0.2, 0.25) is 0 Å². The van der Waals surface area contributed by atoms with Gasteiger partial charge in [0.25, 0.3) is 0 Å². The van der Waals surface area contributed by atoms with Gasteiger partial charge < -0.3 is 4.48 Å². The zero-order valence-corrected chi connectivity index (χ0v) is 8.14. The molecular formula is C9H21N2+. The molecular weight excluding hydrogens is 136 g/mol. The third-order valence-electron chi connectivity index (χ3n) is 3.18. The Kier molecular flexibility index (Phi) is 2.90. The van der Waals surface area contributed by atoms with Crippen LogP contribution in [0.5, 0.6) is 0 Å². The van der Waals surface area contributed by atoms with Crippen LogP contribution in [0, 0.1) is 0 Å². The molecule has 1 aliphatic rings. The molecule has 0 aromatic carbocycles. The molecule has 11 heavy (non-hydrogen) atoms. The number of quaternary nitrogens is 1. The summed E-state index contributed by atoms with van der Waals surface area (Å²) in [4.78, 5) is 2.55. The maximum Gasteiger partial charge on any atom is 0.135 e. The lowest BCUT2D eigenvalue weighted by molar-refractivity contribution is -0.917. The van der Waals surface area contributed by atoms with E-state index < -0.39 is 0 Å². The van der Waals surface area contributed by atoms with Gasteiger partial charge in [0, 0.05) is 6.54 Å². The van der Waals surface area contributed by atoms with Crippen molar-refractivity contribution in [1.29, 1.82) is 0 Å². The average molecular weight is 157 g/mol. The van der Waals surface area contributed by atoms with Gasteiger partial charge in [0.15, 0.2) is 0 Å². The summed E-state index contributed by atoms with van der Waals surface area (Å²) in [5.74, 6) is 0. The van der Waals surface area contributed by atoms with Gasteiger partial charge in [-0.3, -0.25) is 4.90 Å². The summed E-state index contributed by atoms with van der Waals surface area (Å²) >= 11 is 0. The van der Waals surface area contributed by atoms with E-state index in [1.807, 2.05) is 0 Å². The molecule has 1 rings (SSSR count). The van der Waals surface area contributed by atoms with Crippen molar-refractivity contribution < 1.29 is 4.48 Å². The molecule has 2 nitrogen and oxygen atoms in total. The number of rotatable bonds is 3. The summed E-state index contributed by atoms with van der Waals surface area (Å²) in [6.45, 7) is 14.6. The zero-order chi connectivity index (χ0) is 8.32. The Morgan fingerprint density at radius 3 is 2.09 bits per heavy atom. The molecule has 0 aromatic rings. The molecule has 66 valence electrons. The third-order valence-corrected chi connectivity index (χ3v) is 3.18. The van der Waals surface area contributed by atoms with Gasteiger partial charge in [0.05, 0.1) is 26.2 Å². The predicted molar refractivity (Wildman–Crippen MR) is 48.3 cm³/mol. The molecule has 1 saturated heterocycles. The van der Waals surface area contributed by atoms with Gasteiger partial charge in [-0.05, 0) is 13.8 Å². The van der Waals surface area contributed by atoms with Crippen molar-refractivity contribution in [2.45, 2.75) is 20.8 Å². The molecule has 0 unspecified atom stereocenters. The van der Waals surface area contributed by atoms with Crippen molar-refractivity contribution in [3.63, 3.8) is 0 Å². The summed E-state index contributed by atoms with van der Waals surface area (Å²) in [7, 11) is 0. The first-order valence-corrected chi connectivity index (χ1v) is 4.83. The van der Waals surface area contributed by atoms with Gasteiger partial charge in [-0.2, -0.15) is 0 Å². The van der Waals surface area contributed by atoms with E-state index >= 15 is 0 Å². The van der Waals surface area contributed by atoms with Crippen LogP contribution in [0.4, 0.5) is 0 Å². The molecule has 2 heteroatoms. The fourth-order valence-electron chi connectivity index (χ4n) is 1.92. The Morgan fingerprint density at radius 2 is 1.82 bits per heavy atom. The molecule has 0 spiro atoms. The van der Waals surface area contributed by atoms with E-state index in [0.29, 0.717) is 0 Å². The lowest BCUT2D eigenvalue weighted by atomic mass is 10.4. The van der Waals surface area contributed by atoms with Gasteiger partial charge in [-0.1, -0.05) is 6.92 Å². The largest absolute Gasteiger partial charge is 0.310 e. The number of nitrogens with zero attached hydrogens (tertiary/aromatic N) is 2. The van der Waals surface area contributed by atoms with Crippen LogP contribution in [-0.4, -0.2) is 48.8 Å². The van der Waals surface area contributed by atoms with Crippen LogP contribution in [-0.2, 0) is 0 Å². The summed E-state index contributed by atoms with van der Waals surface area (Å²) in [5, 5.41) is 0. The first-order valence-electron chi connectivity index (χ1n) is 4.83. The normalized spacial score (nSPS) is 24.3. The molecule has 1 fully saturated rings. The first-order chi connectivity index (χ1) is 5.26. The molecule has 0 saturated carbocycles. The molecule has 0 radical (unpaired) electrons. The monoisotopic (exact) mass is 157 g/mol. The van der Waals surface area contributed by atoms with Crippen LogP contribution in [0.25, 0.3) is 0 Å². The van der Waals surface area contributed by atoms with E-state index in [0.717, 1.165) is 0 Å².